The van der Waals surface area contributed by atoms with Gasteiger partial charge in [0.2, 0.25) is 0 Å². The molecule has 168 valence electrons. The molecule has 0 spiro atoms. The Morgan fingerprint density at radius 1 is 0.906 bits per heavy atom. The van der Waals surface area contributed by atoms with Crippen LogP contribution in [0.1, 0.15) is 40.8 Å². The van der Waals surface area contributed by atoms with Crippen molar-refractivity contribution in [2.75, 3.05) is 14.2 Å². The lowest BCUT2D eigenvalue weighted by molar-refractivity contribution is -0.140. The summed E-state index contributed by atoms with van der Waals surface area (Å²) in [4.78, 5) is 12.1. The van der Waals surface area contributed by atoms with Crippen molar-refractivity contribution in [3.63, 3.8) is 0 Å². The number of halogens is 1. The first-order chi connectivity index (χ1) is 15.5. The number of rotatable bonds is 11. The minimum absolute atomic E-state index is 0.267. The molecule has 3 aromatic carbocycles. The topological polar surface area (TPSA) is 67.8 Å². The fourth-order valence-electron chi connectivity index (χ4n) is 3.68. The number of hydrogen-bond donors (Lipinski definition) is 2. The third-order valence-electron chi connectivity index (χ3n) is 5.46. The number of benzene rings is 3. The normalized spacial score (nSPS) is 12.7. The van der Waals surface area contributed by atoms with Crippen LogP contribution in [-0.2, 0) is 17.9 Å². The van der Waals surface area contributed by atoms with E-state index in [1.54, 1.807) is 38.5 Å². The average Bonchev–Trinajstić information content (AvgIpc) is 2.84. The van der Waals surface area contributed by atoms with Gasteiger partial charge in [0.1, 0.15) is 12.7 Å². The maximum absolute atomic E-state index is 12.8. The zero-order chi connectivity index (χ0) is 22.9. The predicted molar refractivity (Wildman–Crippen MR) is 122 cm³/mol. The Balaban J connectivity index is 1.89. The van der Waals surface area contributed by atoms with Crippen molar-refractivity contribution in [2.45, 2.75) is 31.6 Å². The van der Waals surface area contributed by atoms with Crippen LogP contribution in [0.5, 0.6) is 11.5 Å². The van der Waals surface area contributed by atoms with Crippen LogP contribution >= 0.6 is 0 Å². The number of aliphatic carboxylic acids is 1. The van der Waals surface area contributed by atoms with E-state index in [4.69, 9.17) is 9.47 Å². The van der Waals surface area contributed by atoms with Gasteiger partial charge < -0.3 is 14.6 Å². The number of aryl methyl sites for hydroxylation is 1. The highest BCUT2D eigenvalue weighted by Crippen LogP contribution is 2.32. The van der Waals surface area contributed by atoms with E-state index < -0.39 is 18.7 Å². The number of carbonyl (C=O) groups is 1. The van der Waals surface area contributed by atoms with Crippen LogP contribution < -0.4 is 14.8 Å². The summed E-state index contributed by atoms with van der Waals surface area (Å²) in [6.45, 7) is -0.493. The van der Waals surface area contributed by atoms with Crippen molar-refractivity contribution in [1.82, 2.24) is 5.32 Å². The lowest BCUT2D eigenvalue weighted by Gasteiger charge is -2.25. The number of ether oxygens (including phenoxy) is 2. The SMILES string of the molecule is COc1ccc(C(CCc2ccc(CF)cc2)N[C@@H](C(=O)O)c2ccccc2)cc1OC. The molecule has 1 unspecified atom stereocenters. The minimum atomic E-state index is -0.950. The lowest BCUT2D eigenvalue weighted by atomic mass is 9.96. The monoisotopic (exact) mass is 437 g/mol. The second-order valence-electron chi connectivity index (χ2n) is 7.50. The maximum Gasteiger partial charge on any atom is 0.325 e. The van der Waals surface area contributed by atoms with Gasteiger partial charge in [-0.1, -0.05) is 60.7 Å². The molecule has 0 heterocycles. The number of nitrogens with one attached hydrogen (secondary N) is 1. The highest BCUT2D eigenvalue weighted by Gasteiger charge is 2.25. The van der Waals surface area contributed by atoms with Gasteiger partial charge in [-0.25, -0.2) is 4.39 Å². The van der Waals surface area contributed by atoms with E-state index in [2.05, 4.69) is 5.32 Å². The Bertz CT molecular complexity index is 1010. The van der Waals surface area contributed by atoms with Gasteiger partial charge in [0.05, 0.1) is 14.2 Å². The molecule has 0 aliphatic heterocycles. The Hall–Kier alpha value is -3.38. The average molecular weight is 438 g/mol. The third kappa shape index (κ3) is 5.86. The van der Waals surface area contributed by atoms with Crippen LogP contribution in [0.4, 0.5) is 4.39 Å². The standard InChI is InChI=1S/C26H28FNO4/c1-31-23-15-13-21(16-24(23)32-2)22(14-12-18-8-10-19(17-27)11-9-18)28-25(26(29)30)20-6-4-3-5-7-20/h3-11,13,15-16,22,25,28H,12,14,17H2,1-2H3,(H,29,30)/t22?,25-/m1/s1. The molecule has 6 heteroatoms. The molecule has 0 aromatic heterocycles. The first-order valence-corrected chi connectivity index (χ1v) is 10.4. The molecule has 0 saturated carbocycles. The molecular formula is C26H28FNO4. The van der Waals surface area contributed by atoms with Crippen molar-refractivity contribution in [3.05, 3.63) is 95.1 Å². The summed E-state index contributed by atoms with van der Waals surface area (Å²) in [5, 5.41) is 13.2. The minimum Gasteiger partial charge on any atom is -0.493 e. The number of alkyl halides is 1. The quantitative estimate of drug-likeness (QED) is 0.428. The van der Waals surface area contributed by atoms with E-state index in [0.29, 0.717) is 35.5 Å². The molecule has 0 radical (unpaired) electrons. The summed E-state index contributed by atoms with van der Waals surface area (Å²) in [5.41, 5.74) is 3.27. The first kappa shape index (κ1) is 23.3. The highest BCUT2D eigenvalue weighted by molar-refractivity contribution is 5.75. The third-order valence-corrected chi connectivity index (χ3v) is 5.46. The fourth-order valence-corrected chi connectivity index (χ4v) is 3.68. The largest absolute Gasteiger partial charge is 0.493 e. The van der Waals surface area contributed by atoms with Gasteiger partial charge in [-0.2, -0.15) is 0 Å². The summed E-state index contributed by atoms with van der Waals surface area (Å²) < 4.78 is 23.6. The first-order valence-electron chi connectivity index (χ1n) is 10.4. The van der Waals surface area contributed by atoms with E-state index in [9.17, 15) is 14.3 Å². The number of methoxy groups -OCH3 is 2. The Morgan fingerprint density at radius 3 is 2.16 bits per heavy atom. The fraction of sp³-hybridized carbons (Fsp3) is 0.269. The zero-order valence-corrected chi connectivity index (χ0v) is 18.3. The number of carboxylic acid groups (broad SMARTS) is 1. The van der Waals surface area contributed by atoms with Crippen LogP contribution in [-0.4, -0.2) is 25.3 Å². The molecule has 0 aliphatic rings. The molecular weight excluding hydrogens is 409 g/mol. The van der Waals surface area contributed by atoms with Gasteiger partial charge in [0.25, 0.3) is 0 Å². The second-order valence-corrected chi connectivity index (χ2v) is 7.50. The van der Waals surface area contributed by atoms with Gasteiger partial charge in [-0.05, 0) is 47.2 Å². The predicted octanol–water partition coefficient (Wildman–Crippen LogP) is 5.26. The van der Waals surface area contributed by atoms with Gasteiger partial charge in [-0.3, -0.25) is 10.1 Å². The van der Waals surface area contributed by atoms with Gasteiger partial charge in [0, 0.05) is 6.04 Å². The van der Waals surface area contributed by atoms with Crippen LogP contribution in [0.2, 0.25) is 0 Å². The Labute approximate surface area is 187 Å². The van der Waals surface area contributed by atoms with Crippen molar-refractivity contribution in [1.29, 1.82) is 0 Å². The molecule has 2 atom stereocenters. The molecule has 0 amide bonds. The zero-order valence-electron chi connectivity index (χ0n) is 18.3. The maximum atomic E-state index is 12.8. The second kappa shape index (κ2) is 11.3. The van der Waals surface area contributed by atoms with Crippen molar-refractivity contribution in [2.24, 2.45) is 0 Å². The molecule has 0 aliphatic carbocycles. The number of carboxylic acids is 1. The van der Waals surface area contributed by atoms with Gasteiger partial charge in [-0.15, -0.1) is 0 Å². The molecule has 0 saturated heterocycles. The van der Waals surface area contributed by atoms with Crippen LogP contribution in [0.25, 0.3) is 0 Å². The molecule has 0 fully saturated rings. The van der Waals surface area contributed by atoms with Gasteiger partial charge in [0.15, 0.2) is 11.5 Å². The Kier molecular flexibility index (Phi) is 8.22. The molecule has 3 aromatic rings. The highest BCUT2D eigenvalue weighted by atomic mass is 19.1. The van der Waals surface area contributed by atoms with E-state index in [1.165, 1.54) is 0 Å². The molecule has 5 nitrogen and oxygen atoms in total. The number of hydrogen-bond acceptors (Lipinski definition) is 4. The van der Waals surface area contributed by atoms with Crippen LogP contribution in [0.15, 0.2) is 72.8 Å². The lowest BCUT2D eigenvalue weighted by Crippen LogP contribution is -2.32. The van der Waals surface area contributed by atoms with E-state index in [0.717, 1.165) is 11.1 Å². The summed E-state index contributed by atoms with van der Waals surface area (Å²) >= 11 is 0. The molecule has 32 heavy (non-hydrogen) atoms. The molecule has 0 bridgehead atoms. The van der Waals surface area contributed by atoms with Gasteiger partial charge >= 0.3 is 5.97 Å². The van der Waals surface area contributed by atoms with E-state index >= 15 is 0 Å². The van der Waals surface area contributed by atoms with Crippen molar-refractivity contribution < 1.29 is 23.8 Å². The van der Waals surface area contributed by atoms with Crippen LogP contribution in [0.3, 0.4) is 0 Å². The Morgan fingerprint density at radius 2 is 1.56 bits per heavy atom. The molecule has 2 N–H and O–H groups in total. The molecule has 3 rings (SSSR count). The summed E-state index contributed by atoms with van der Waals surface area (Å²) in [7, 11) is 3.14. The van der Waals surface area contributed by atoms with E-state index in [-0.39, 0.29) is 6.04 Å². The van der Waals surface area contributed by atoms with E-state index in [1.807, 2.05) is 48.5 Å². The van der Waals surface area contributed by atoms with Crippen LogP contribution in [0, 0.1) is 0 Å². The van der Waals surface area contributed by atoms with Crippen molar-refractivity contribution >= 4 is 5.97 Å². The summed E-state index contributed by atoms with van der Waals surface area (Å²) in [5.74, 6) is 0.235. The summed E-state index contributed by atoms with van der Waals surface area (Å²) in [6.07, 6.45) is 1.33. The van der Waals surface area contributed by atoms with Crippen molar-refractivity contribution in [3.8, 4) is 11.5 Å². The smallest absolute Gasteiger partial charge is 0.325 e. The summed E-state index contributed by atoms with van der Waals surface area (Å²) in [6, 6.07) is 20.9.